The number of fused-ring (bicyclic) bond motifs is 1. The molecular weight excluding hydrogens is 296 g/mol. The molecule has 0 saturated carbocycles. The third-order valence-electron chi connectivity index (χ3n) is 2.53. The van der Waals surface area contributed by atoms with E-state index in [9.17, 15) is 0 Å². The molecule has 1 aliphatic rings. The van der Waals surface area contributed by atoms with Crippen LogP contribution in [0.25, 0.3) is 0 Å². The van der Waals surface area contributed by atoms with Gasteiger partial charge in [-0.3, -0.25) is 4.98 Å². The highest BCUT2D eigenvalue weighted by atomic mass is 79.9. The molecule has 1 aliphatic carbocycles. The van der Waals surface area contributed by atoms with Crippen molar-refractivity contribution in [2.75, 3.05) is 0 Å². The van der Waals surface area contributed by atoms with Crippen LogP contribution in [0.2, 0.25) is 0 Å². The van der Waals surface area contributed by atoms with Crippen molar-refractivity contribution in [2.24, 2.45) is 4.40 Å². The molecule has 4 heteroatoms. The Morgan fingerprint density at radius 2 is 2.18 bits per heavy atom. The Morgan fingerprint density at radius 1 is 1.41 bits per heavy atom. The summed E-state index contributed by atoms with van der Waals surface area (Å²) in [6, 6.07) is 2.07. The molecule has 1 heterocycles. The highest BCUT2D eigenvalue weighted by molar-refractivity contribution is 9.10. The van der Waals surface area contributed by atoms with E-state index < -0.39 is 0 Å². The molecule has 2 rings (SSSR count). The molecule has 2 nitrogen and oxygen atoms in total. The minimum Gasteiger partial charge on any atom is -0.251 e. The maximum Gasteiger partial charge on any atom is 0.0833 e. The number of hydrogen-bond donors (Lipinski definition) is 0. The Bertz CT molecular complexity index is 449. The summed E-state index contributed by atoms with van der Waals surface area (Å²) in [5, 5.41) is 0. The molecule has 0 aromatic carbocycles. The molecule has 0 saturated heterocycles. The smallest absolute Gasteiger partial charge is 0.0833 e. The fourth-order valence-corrected chi connectivity index (χ4v) is 2.96. The van der Waals surface area contributed by atoms with Crippen molar-refractivity contribution >= 4 is 34.1 Å². The Morgan fingerprint density at radius 3 is 2.88 bits per heavy atom. The summed E-state index contributed by atoms with van der Waals surface area (Å²) >= 11 is 5.20. The normalized spacial score (nSPS) is 15.5. The fourth-order valence-electron chi connectivity index (χ4n) is 1.82. The minimum absolute atomic E-state index is 0.157. The van der Waals surface area contributed by atoms with Gasteiger partial charge in [-0.2, -0.15) is 0 Å². The lowest BCUT2D eigenvalue weighted by molar-refractivity contribution is 0.804. The van der Waals surface area contributed by atoms with E-state index in [4.69, 9.17) is 0 Å². The molecule has 0 spiro atoms. The third-order valence-corrected chi connectivity index (χ3v) is 3.99. The molecule has 1 aromatic heterocycles. The quantitative estimate of drug-likeness (QED) is 0.604. The van der Waals surface area contributed by atoms with Gasteiger partial charge in [-0.05, 0) is 63.6 Å². The molecule has 1 aromatic rings. The summed E-state index contributed by atoms with van der Waals surface area (Å²) in [6.07, 6.45) is 5.33. The van der Waals surface area contributed by atoms with Crippen LogP contribution in [0.4, 0.5) is 0 Å². The maximum atomic E-state index is 4.64. The highest BCUT2D eigenvalue weighted by Gasteiger charge is 2.16. The molecule has 0 bridgehead atoms. The molecule has 0 unspecified atom stereocenters. The van der Waals surface area contributed by atoms with Crippen molar-refractivity contribution < 1.29 is 0 Å². The van der Waals surface area contributed by atoms with E-state index in [0.717, 1.165) is 18.5 Å². The van der Waals surface area contributed by atoms with E-state index in [1.807, 2.05) is 6.21 Å². The molecule has 0 radical (unpaired) electrons. The Balaban J connectivity index is 2.15. The van der Waals surface area contributed by atoms with Crippen LogP contribution < -0.4 is 0 Å². The highest BCUT2D eigenvalue weighted by Crippen LogP contribution is 2.28. The average Bonchev–Trinajstić information content (AvgIpc) is 2.64. The van der Waals surface area contributed by atoms with Gasteiger partial charge in [0.2, 0.25) is 0 Å². The van der Waals surface area contributed by atoms with Crippen LogP contribution in [0.1, 0.15) is 44.1 Å². The molecule has 0 N–H and O–H groups in total. The fraction of sp³-hybridized carbons (Fsp3) is 0.538. The van der Waals surface area contributed by atoms with Gasteiger partial charge in [0.15, 0.2) is 0 Å². The first-order valence-corrected chi connectivity index (χ1v) is 7.42. The second-order valence-corrected chi connectivity index (χ2v) is 7.72. The first-order valence-electron chi connectivity index (χ1n) is 5.85. The molecule has 0 atom stereocenters. The van der Waals surface area contributed by atoms with Gasteiger partial charge in [0.1, 0.15) is 0 Å². The summed E-state index contributed by atoms with van der Waals surface area (Å²) in [7, 11) is 0. The third kappa shape index (κ3) is 3.55. The monoisotopic (exact) mass is 312 g/mol. The number of hydrogen-bond acceptors (Lipinski definition) is 3. The van der Waals surface area contributed by atoms with Crippen molar-refractivity contribution in [1.29, 1.82) is 0 Å². The first-order chi connectivity index (χ1) is 7.96. The number of aryl methyl sites for hydroxylation is 1. The Labute approximate surface area is 116 Å². The zero-order valence-electron chi connectivity index (χ0n) is 10.5. The van der Waals surface area contributed by atoms with E-state index in [2.05, 4.69) is 52.1 Å². The van der Waals surface area contributed by atoms with Crippen molar-refractivity contribution in [2.45, 2.75) is 44.8 Å². The number of pyridine rings is 1. The number of nitrogens with zero attached hydrogens (tertiary/aromatic N) is 2. The van der Waals surface area contributed by atoms with E-state index in [1.54, 1.807) is 11.9 Å². The first kappa shape index (κ1) is 13.1. The van der Waals surface area contributed by atoms with Crippen molar-refractivity contribution in [1.82, 2.24) is 4.98 Å². The van der Waals surface area contributed by atoms with Crippen LogP contribution in [0.3, 0.4) is 0 Å². The Kier molecular flexibility index (Phi) is 3.93. The maximum absolute atomic E-state index is 4.64. The second kappa shape index (κ2) is 5.11. The summed E-state index contributed by atoms with van der Waals surface area (Å²) < 4.78 is 5.73. The largest absolute Gasteiger partial charge is 0.251 e. The van der Waals surface area contributed by atoms with Crippen LogP contribution in [0, 0.1) is 0 Å². The summed E-state index contributed by atoms with van der Waals surface area (Å²) in [5.74, 6) is 0. The lowest BCUT2D eigenvalue weighted by Gasteiger charge is -2.12. The van der Waals surface area contributed by atoms with E-state index in [0.29, 0.717) is 0 Å². The second-order valence-electron chi connectivity index (χ2n) is 5.25. The van der Waals surface area contributed by atoms with Crippen LogP contribution in [-0.4, -0.2) is 15.9 Å². The van der Waals surface area contributed by atoms with Gasteiger partial charge in [-0.25, -0.2) is 4.40 Å². The van der Waals surface area contributed by atoms with E-state index in [1.165, 1.54) is 22.2 Å². The molecule has 92 valence electrons. The molecule has 0 aliphatic heterocycles. The predicted octanol–water partition coefficient (Wildman–Crippen LogP) is 4.20. The number of halogens is 1. The molecule has 0 amide bonds. The van der Waals surface area contributed by atoms with Crippen LogP contribution >= 0.6 is 27.9 Å². The SMILES string of the molecule is CC(C)(C)SN=Cc1cc(Br)c2c(n1)CCC2. The lowest BCUT2D eigenvalue weighted by Crippen LogP contribution is -2.05. The molecule has 17 heavy (non-hydrogen) atoms. The zero-order chi connectivity index (χ0) is 12.5. The number of aromatic nitrogens is 1. The minimum atomic E-state index is 0.157. The van der Waals surface area contributed by atoms with Crippen molar-refractivity contribution in [3.63, 3.8) is 0 Å². The average molecular weight is 313 g/mol. The van der Waals surface area contributed by atoms with E-state index >= 15 is 0 Å². The zero-order valence-corrected chi connectivity index (χ0v) is 12.9. The lowest BCUT2D eigenvalue weighted by atomic mass is 10.2. The summed E-state index contributed by atoms with van der Waals surface area (Å²) in [4.78, 5) is 4.64. The van der Waals surface area contributed by atoms with Gasteiger partial charge in [0.25, 0.3) is 0 Å². The number of rotatable bonds is 2. The van der Waals surface area contributed by atoms with Crippen molar-refractivity contribution in [3.8, 4) is 0 Å². The summed E-state index contributed by atoms with van der Waals surface area (Å²) in [6.45, 7) is 6.46. The van der Waals surface area contributed by atoms with Crippen molar-refractivity contribution in [3.05, 3.63) is 27.5 Å². The van der Waals surface area contributed by atoms with Gasteiger partial charge in [-0.15, -0.1) is 0 Å². The van der Waals surface area contributed by atoms with Crippen LogP contribution in [-0.2, 0) is 12.8 Å². The van der Waals surface area contributed by atoms with Crippen LogP contribution in [0.5, 0.6) is 0 Å². The standard InChI is InChI=1S/C13H17BrN2S/c1-13(2,3)17-15-8-9-7-11(14)10-5-4-6-12(10)16-9/h7-8H,4-6H2,1-3H3. The molecule has 0 fully saturated rings. The van der Waals surface area contributed by atoms with E-state index in [-0.39, 0.29) is 4.75 Å². The molecular formula is C13H17BrN2S. The van der Waals surface area contributed by atoms with Gasteiger partial charge in [0, 0.05) is 14.9 Å². The van der Waals surface area contributed by atoms with Crippen LogP contribution in [0.15, 0.2) is 14.9 Å². The van der Waals surface area contributed by atoms with Gasteiger partial charge >= 0.3 is 0 Å². The summed E-state index contributed by atoms with van der Waals surface area (Å²) in [5.41, 5.74) is 3.57. The van der Waals surface area contributed by atoms with Gasteiger partial charge < -0.3 is 0 Å². The van der Waals surface area contributed by atoms with Gasteiger partial charge in [-0.1, -0.05) is 15.9 Å². The Hall–Kier alpha value is -0.350. The predicted molar refractivity (Wildman–Crippen MR) is 78.9 cm³/mol. The van der Waals surface area contributed by atoms with Gasteiger partial charge in [0.05, 0.1) is 11.9 Å². The topological polar surface area (TPSA) is 25.2 Å².